The number of carbonyl (C=O) groups is 1. The zero-order valence-electron chi connectivity index (χ0n) is 12.2. The molecule has 3 nitrogen and oxygen atoms in total. The smallest absolute Gasteiger partial charge is 0.227 e. The number of amides is 1. The van der Waals surface area contributed by atoms with Gasteiger partial charge in [0.25, 0.3) is 0 Å². The summed E-state index contributed by atoms with van der Waals surface area (Å²) in [6, 6.07) is 17.5. The molecule has 1 heterocycles. The van der Waals surface area contributed by atoms with Crippen molar-refractivity contribution in [1.29, 1.82) is 0 Å². The second-order valence-electron chi connectivity index (χ2n) is 5.42. The molecule has 22 heavy (non-hydrogen) atoms. The van der Waals surface area contributed by atoms with E-state index in [1.807, 2.05) is 59.5 Å². The fraction of sp³-hybridized carbons (Fsp3) is 0.278. The molecule has 1 atom stereocenters. The second kappa shape index (κ2) is 6.95. The lowest BCUT2D eigenvalue weighted by Crippen LogP contribution is -2.42. The van der Waals surface area contributed by atoms with Crippen molar-refractivity contribution in [1.82, 2.24) is 4.90 Å². The van der Waals surface area contributed by atoms with Crippen LogP contribution in [0.2, 0.25) is 5.02 Å². The van der Waals surface area contributed by atoms with Crippen LogP contribution in [0.3, 0.4) is 0 Å². The van der Waals surface area contributed by atoms with E-state index >= 15 is 0 Å². The van der Waals surface area contributed by atoms with Gasteiger partial charge in [-0.2, -0.15) is 0 Å². The van der Waals surface area contributed by atoms with E-state index in [-0.39, 0.29) is 12.0 Å². The zero-order valence-corrected chi connectivity index (χ0v) is 13.0. The number of halogens is 1. The number of hydrogen-bond donors (Lipinski definition) is 0. The minimum absolute atomic E-state index is 0.104. The minimum atomic E-state index is -0.104. The summed E-state index contributed by atoms with van der Waals surface area (Å²) in [5, 5.41) is 0.689. The molecule has 1 saturated heterocycles. The third-order valence-electron chi connectivity index (χ3n) is 3.84. The predicted octanol–water partition coefficient (Wildman–Crippen LogP) is 3.48. The average Bonchev–Trinajstić information content (AvgIpc) is 2.56. The third-order valence-corrected chi connectivity index (χ3v) is 4.07. The standard InChI is InChI=1S/C18H18ClNO2/c19-16-8-4-7-15(12-16)17-13-20(9-10-22-17)18(21)11-14-5-2-1-3-6-14/h1-8,12,17H,9-11,13H2. The lowest BCUT2D eigenvalue weighted by atomic mass is 10.1. The van der Waals surface area contributed by atoms with E-state index in [1.54, 1.807) is 0 Å². The molecule has 1 aliphatic heterocycles. The molecule has 0 aromatic heterocycles. The van der Waals surface area contributed by atoms with E-state index in [0.717, 1.165) is 11.1 Å². The number of hydrogen-bond acceptors (Lipinski definition) is 2. The van der Waals surface area contributed by atoms with Crippen molar-refractivity contribution in [2.75, 3.05) is 19.7 Å². The normalized spacial score (nSPS) is 18.2. The van der Waals surface area contributed by atoms with Crippen LogP contribution in [0.15, 0.2) is 54.6 Å². The first-order chi connectivity index (χ1) is 10.7. The van der Waals surface area contributed by atoms with Crippen LogP contribution in [0.4, 0.5) is 0 Å². The van der Waals surface area contributed by atoms with E-state index in [2.05, 4.69) is 0 Å². The van der Waals surface area contributed by atoms with Gasteiger partial charge in [0, 0.05) is 11.6 Å². The van der Waals surface area contributed by atoms with E-state index in [0.29, 0.717) is 31.1 Å². The molecule has 1 aliphatic rings. The van der Waals surface area contributed by atoms with Crippen LogP contribution in [0.5, 0.6) is 0 Å². The van der Waals surface area contributed by atoms with Gasteiger partial charge in [-0.3, -0.25) is 4.79 Å². The van der Waals surface area contributed by atoms with Crippen LogP contribution < -0.4 is 0 Å². The van der Waals surface area contributed by atoms with Gasteiger partial charge < -0.3 is 9.64 Å². The van der Waals surface area contributed by atoms with Gasteiger partial charge in [0.05, 0.1) is 19.6 Å². The van der Waals surface area contributed by atoms with Crippen molar-refractivity contribution < 1.29 is 9.53 Å². The fourth-order valence-corrected chi connectivity index (χ4v) is 2.87. The van der Waals surface area contributed by atoms with Crippen molar-refractivity contribution in [3.8, 4) is 0 Å². The highest BCUT2D eigenvalue weighted by atomic mass is 35.5. The third kappa shape index (κ3) is 3.67. The fourth-order valence-electron chi connectivity index (χ4n) is 2.67. The van der Waals surface area contributed by atoms with E-state index in [1.165, 1.54) is 0 Å². The Morgan fingerprint density at radius 2 is 2.00 bits per heavy atom. The Morgan fingerprint density at radius 1 is 1.18 bits per heavy atom. The summed E-state index contributed by atoms with van der Waals surface area (Å²) >= 11 is 6.03. The Hall–Kier alpha value is -1.84. The summed E-state index contributed by atoms with van der Waals surface area (Å²) in [5.74, 6) is 0.140. The van der Waals surface area contributed by atoms with E-state index in [9.17, 15) is 4.79 Å². The van der Waals surface area contributed by atoms with Crippen LogP contribution in [-0.4, -0.2) is 30.5 Å². The number of nitrogens with zero attached hydrogens (tertiary/aromatic N) is 1. The summed E-state index contributed by atoms with van der Waals surface area (Å²) < 4.78 is 5.80. The predicted molar refractivity (Wildman–Crippen MR) is 86.9 cm³/mol. The maximum absolute atomic E-state index is 12.5. The highest BCUT2D eigenvalue weighted by Crippen LogP contribution is 2.24. The Bertz CT molecular complexity index is 645. The van der Waals surface area contributed by atoms with Crippen LogP contribution in [0.1, 0.15) is 17.2 Å². The quantitative estimate of drug-likeness (QED) is 0.868. The molecule has 0 aliphatic carbocycles. The van der Waals surface area contributed by atoms with Crippen LogP contribution >= 0.6 is 11.6 Å². The molecule has 1 unspecified atom stereocenters. The molecule has 114 valence electrons. The Labute approximate surface area is 135 Å². The molecule has 2 aromatic carbocycles. The number of morpholine rings is 1. The van der Waals surface area contributed by atoms with Crippen molar-refractivity contribution in [2.24, 2.45) is 0 Å². The SMILES string of the molecule is O=C(Cc1ccccc1)N1CCOC(c2cccc(Cl)c2)C1. The molecule has 4 heteroatoms. The molecular formula is C18H18ClNO2. The van der Waals surface area contributed by atoms with Gasteiger partial charge >= 0.3 is 0 Å². The number of benzene rings is 2. The zero-order chi connectivity index (χ0) is 15.4. The molecule has 1 amide bonds. The lowest BCUT2D eigenvalue weighted by Gasteiger charge is -2.33. The molecule has 0 spiro atoms. The number of carbonyl (C=O) groups excluding carboxylic acids is 1. The van der Waals surface area contributed by atoms with Crippen LogP contribution in [0, 0.1) is 0 Å². The highest BCUT2D eigenvalue weighted by molar-refractivity contribution is 6.30. The molecule has 2 aromatic rings. The van der Waals surface area contributed by atoms with Crippen molar-refractivity contribution >= 4 is 17.5 Å². The topological polar surface area (TPSA) is 29.5 Å². The van der Waals surface area contributed by atoms with Gasteiger partial charge in [0.2, 0.25) is 5.91 Å². The maximum Gasteiger partial charge on any atom is 0.227 e. The second-order valence-corrected chi connectivity index (χ2v) is 5.85. The highest BCUT2D eigenvalue weighted by Gasteiger charge is 2.25. The molecular weight excluding hydrogens is 298 g/mol. The van der Waals surface area contributed by atoms with E-state index in [4.69, 9.17) is 16.3 Å². The van der Waals surface area contributed by atoms with Gasteiger partial charge in [-0.05, 0) is 23.3 Å². The Kier molecular flexibility index (Phi) is 4.76. The van der Waals surface area contributed by atoms with Gasteiger partial charge in [-0.15, -0.1) is 0 Å². The summed E-state index contributed by atoms with van der Waals surface area (Å²) in [6.45, 7) is 1.77. The lowest BCUT2D eigenvalue weighted by molar-refractivity contribution is -0.138. The first kappa shape index (κ1) is 15.1. The Balaban J connectivity index is 1.66. The molecule has 0 saturated carbocycles. The molecule has 3 rings (SSSR count). The van der Waals surface area contributed by atoms with Crippen molar-refractivity contribution in [3.05, 3.63) is 70.7 Å². The monoisotopic (exact) mass is 315 g/mol. The molecule has 0 bridgehead atoms. The maximum atomic E-state index is 12.5. The summed E-state index contributed by atoms with van der Waals surface area (Å²) in [4.78, 5) is 14.3. The van der Waals surface area contributed by atoms with Crippen molar-refractivity contribution in [3.63, 3.8) is 0 Å². The number of ether oxygens (including phenoxy) is 1. The molecule has 1 fully saturated rings. The molecule has 0 N–H and O–H groups in total. The van der Waals surface area contributed by atoms with E-state index < -0.39 is 0 Å². The summed E-state index contributed by atoms with van der Waals surface area (Å²) in [6.07, 6.45) is 0.329. The largest absolute Gasteiger partial charge is 0.370 e. The van der Waals surface area contributed by atoms with Crippen molar-refractivity contribution in [2.45, 2.75) is 12.5 Å². The average molecular weight is 316 g/mol. The Morgan fingerprint density at radius 3 is 2.77 bits per heavy atom. The van der Waals surface area contributed by atoms with Gasteiger partial charge in [-0.25, -0.2) is 0 Å². The minimum Gasteiger partial charge on any atom is -0.370 e. The van der Waals surface area contributed by atoms with Crippen LogP contribution in [0.25, 0.3) is 0 Å². The van der Waals surface area contributed by atoms with Crippen LogP contribution in [-0.2, 0) is 16.0 Å². The van der Waals surface area contributed by atoms with Gasteiger partial charge in [0.15, 0.2) is 0 Å². The molecule has 0 radical (unpaired) electrons. The first-order valence-electron chi connectivity index (χ1n) is 7.41. The first-order valence-corrected chi connectivity index (χ1v) is 7.79. The van der Waals surface area contributed by atoms with Gasteiger partial charge in [-0.1, -0.05) is 54.1 Å². The van der Waals surface area contributed by atoms with Gasteiger partial charge in [0.1, 0.15) is 6.10 Å². The summed E-state index contributed by atoms with van der Waals surface area (Å²) in [5.41, 5.74) is 2.06. The summed E-state index contributed by atoms with van der Waals surface area (Å²) in [7, 11) is 0. The number of rotatable bonds is 3.